The van der Waals surface area contributed by atoms with Crippen LogP contribution in [0.1, 0.15) is 24.8 Å². The summed E-state index contributed by atoms with van der Waals surface area (Å²) in [6.07, 6.45) is 1.96. The highest BCUT2D eigenvalue weighted by molar-refractivity contribution is 5.80. The fourth-order valence-electron chi connectivity index (χ4n) is 2.52. The quantitative estimate of drug-likeness (QED) is 0.803. The van der Waals surface area contributed by atoms with Crippen LogP contribution in [-0.4, -0.2) is 36.4 Å². The molecule has 5 nitrogen and oxygen atoms in total. The van der Waals surface area contributed by atoms with Crippen molar-refractivity contribution in [1.29, 1.82) is 0 Å². The summed E-state index contributed by atoms with van der Waals surface area (Å²) in [7, 11) is 0. The highest BCUT2D eigenvalue weighted by atomic mass is 16.5. The van der Waals surface area contributed by atoms with Gasteiger partial charge in [-0.2, -0.15) is 0 Å². The standard InChI is InChI=1S/C16H22N2O3/c17-16(20)14-7-4-9-18(11-14)15(19)8-10-21-12-13-5-2-1-3-6-13/h1-3,5-6,14H,4,7-12H2,(H2,17,20). The van der Waals surface area contributed by atoms with Crippen molar-refractivity contribution in [3.05, 3.63) is 35.9 Å². The van der Waals surface area contributed by atoms with Gasteiger partial charge in [-0.3, -0.25) is 9.59 Å². The Kier molecular flexibility index (Phi) is 5.75. The molecule has 1 aromatic rings. The van der Waals surface area contributed by atoms with Crippen LogP contribution in [0.4, 0.5) is 0 Å². The summed E-state index contributed by atoms with van der Waals surface area (Å²) in [6.45, 7) is 2.07. The van der Waals surface area contributed by atoms with Crippen molar-refractivity contribution in [2.75, 3.05) is 19.7 Å². The first-order valence-electron chi connectivity index (χ1n) is 7.35. The Labute approximate surface area is 125 Å². The second-order valence-electron chi connectivity index (χ2n) is 5.37. The van der Waals surface area contributed by atoms with Gasteiger partial charge in [0.25, 0.3) is 0 Å². The van der Waals surface area contributed by atoms with Gasteiger partial charge in [0, 0.05) is 13.1 Å². The number of ether oxygens (including phenoxy) is 1. The molecule has 5 heteroatoms. The van der Waals surface area contributed by atoms with Crippen molar-refractivity contribution in [3.8, 4) is 0 Å². The number of nitrogens with zero attached hydrogens (tertiary/aromatic N) is 1. The Hall–Kier alpha value is -1.88. The molecule has 21 heavy (non-hydrogen) atoms. The van der Waals surface area contributed by atoms with Crippen LogP contribution < -0.4 is 5.73 Å². The lowest BCUT2D eigenvalue weighted by atomic mass is 9.97. The smallest absolute Gasteiger partial charge is 0.224 e. The van der Waals surface area contributed by atoms with Gasteiger partial charge in [-0.15, -0.1) is 0 Å². The molecule has 1 atom stereocenters. The van der Waals surface area contributed by atoms with Gasteiger partial charge in [0.2, 0.25) is 11.8 Å². The summed E-state index contributed by atoms with van der Waals surface area (Å²) < 4.78 is 5.52. The van der Waals surface area contributed by atoms with Crippen LogP contribution >= 0.6 is 0 Å². The van der Waals surface area contributed by atoms with Crippen molar-refractivity contribution in [3.63, 3.8) is 0 Å². The first-order chi connectivity index (χ1) is 10.2. The number of likely N-dealkylation sites (tertiary alicyclic amines) is 1. The van der Waals surface area contributed by atoms with Crippen LogP contribution in [0.5, 0.6) is 0 Å². The number of hydrogen-bond donors (Lipinski definition) is 1. The van der Waals surface area contributed by atoms with Crippen LogP contribution in [0.15, 0.2) is 30.3 Å². The zero-order valence-electron chi connectivity index (χ0n) is 12.2. The van der Waals surface area contributed by atoms with E-state index in [0.717, 1.165) is 18.4 Å². The number of amides is 2. The fourth-order valence-corrected chi connectivity index (χ4v) is 2.52. The number of nitrogens with two attached hydrogens (primary N) is 1. The predicted octanol–water partition coefficient (Wildman–Crippen LogP) is 1.32. The minimum atomic E-state index is -0.312. The average molecular weight is 290 g/mol. The van der Waals surface area contributed by atoms with Gasteiger partial charge >= 0.3 is 0 Å². The predicted molar refractivity (Wildman–Crippen MR) is 79.2 cm³/mol. The minimum Gasteiger partial charge on any atom is -0.376 e. The van der Waals surface area contributed by atoms with E-state index < -0.39 is 0 Å². The van der Waals surface area contributed by atoms with Gasteiger partial charge in [0.05, 0.1) is 25.6 Å². The van der Waals surface area contributed by atoms with Crippen LogP contribution in [-0.2, 0) is 20.9 Å². The van der Waals surface area contributed by atoms with Crippen molar-refractivity contribution < 1.29 is 14.3 Å². The molecule has 0 bridgehead atoms. The first kappa shape index (κ1) is 15.5. The van der Waals surface area contributed by atoms with Crippen LogP contribution in [0, 0.1) is 5.92 Å². The minimum absolute atomic E-state index is 0.0361. The van der Waals surface area contributed by atoms with Gasteiger partial charge in [0.15, 0.2) is 0 Å². The molecule has 1 unspecified atom stereocenters. The molecule has 114 valence electrons. The highest BCUT2D eigenvalue weighted by Crippen LogP contribution is 2.16. The molecule has 0 aliphatic carbocycles. The van der Waals surface area contributed by atoms with Gasteiger partial charge in [-0.1, -0.05) is 30.3 Å². The Morgan fingerprint density at radius 1 is 1.29 bits per heavy atom. The number of hydrogen-bond acceptors (Lipinski definition) is 3. The lowest BCUT2D eigenvalue weighted by Gasteiger charge is -2.31. The van der Waals surface area contributed by atoms with Gasteiger partial charge in [-0.25, -0.2) is 0 Å². The van der Waals surface area contributed by atoms with Crippen LogP contribution in [0.25, 0.3) is 0 Å². The topological polar surface area (TPSA) is 72.6 Å². The van der Waals surface area contributed by atoms with Gasteiger partial charge < -0.3 is 15.4 Å². The Balaban J connectivity index is 1.68. The molecule has 2 N–H and O–H groups in total. The van der Waals surface area contributed by atoms with E-state index in [4.69, 9.17) is 10.5 Å². The Morgan fingerprint density at radius 3 is 2.76 bits per heavy atom. The summed E-state index contributed by atoms with van der Waals surface area (Å²) in [6, 6.07) is 9.86. The number of carbonyl (C=O) groups excluding carboxylic acids is 2. The number of primary amides is 1. The van der Waals surface area contributed by atoms with Crippen molar-refractivity contribution in [2.24, 2.45) is 11.7 Å². The summed E-state index contributed by atoms with van der Waals surface area (Å²) in [5, 5.41) is 0. The number of carbonyl (C=O) groups is 2. The fraction of sp³-hybridized carbons (Fsp3) is 0.500. The SMILES string of the molecule is NC(=O)C1CCCN(C(=O)CCOCc2ccccc2)C1. The molecule has 2 rings (SSSR count). The normalized spacial score (nSPS) is 18.5. The van der Waals surface area contributed by atoms with E-state index in [2.05, 4.69) is 0 Å². The lowest BCUT2D eigenvalue weighted by molar-refractivity contribution is -0.136. The molecular weight excluding hydrogens is 268 g/mol. The third kappa shape index (κ3) is 4.86. The van der Waals surface area contributed by atoms with E-state index in [1.54, 1.807) is 4.90 Å². The molecule has 0 saturated carbocycles. The average Bonchev–Trinajstić information content (AvgIpc) is 2.52. The van der Waals surface area contributed by atoms with Crippen LogP contribution in [0.2, 0.25) is 0 Å². The second kappa shape index (κ2) is 7.78. The molecule has 1 aliphatic rings. The van der Waals surface area contributed by atoms with E-state index in [1.165, 1.54) is 0 Å². The zero-order chi connectivity index (χ0) is 15.1. The zero-order valence-corrected chi connectivity index (χ0v) is 12.2. The summed E-state index contributed by atoms with van der Waals surface area (Å²) in [4.78, 5) is 25.0. The molecular formula is C16H22N2O3. The maximum absolute atomic E-state index is 12.1. The maximum Gasteiger partial charge on any atom is 0.224 e. The molecule has 1 saturated heterocycles. The Morgan fingerprint density at radius 2 is 2.05 bits per heavy atom. The van der Waals surface area contributed by atoms with E-state index in [1.807, 2.05) is 30.3 Å². The molecule has 1 heterocycles. The van der Waals surface area contributed by atoms with Gasteiger partial charge in [0.1, 0.15) is 0 Å². The van der Waals surface area contributed by atoms with Gasteiger partial charge in [-0.05, 0) is 18.4 Å². The van der Waals surface area contributed by atoms with Crippen molar-refractivity contribution in [2.45, 2.75) is 25.9 Å². The monoisotopic (exact) mass is 290 g/mol. The van der Waals surface area contributed by atoms with Crippen LogP contribution in [0.3, 0.4) is 0 Å². The molecule has 0 radical (unpaired) electrons. The first-order valence-corrected chi connectivity index (χ1v) is 7.35. The molecule has 1 aromatic carbocycles. The largest absolute Gasteiger partial charge is 0.376 e. The molecule has 2 amide bonds. The number of benzene rings is 1. The maximum atomic E-state index is 12.1. The van der Waals surface area contributed by atoms with E-state index in [0.29, 0.717) is 32.7 Å². The third-order valence-corrected chi connectivity index (χ3v) is 3.75. The highest BCUT2D eigenvalue weighted by Gasteiger charge is 2.26. The van der Waals surface area contributed by atoms with E-state index >= 15 is 0 Å². The summed E-state index contributed by atoms with van der Waals surface area (Å²) in [5.74, 6) is -0.477. The molecule has 1 fully saturated rings. The van der Waals surface area contributed by atoms with Crippen molar-refractivity contribution in [1.82, 2.24) is 4.90 Å². The summed E-state index contributed by atoms with van der Waals surface area (Å²) >= 11 is 0. The Bertz CT molecular complexity index is 476. The summed E-state index contributed by atoms with van der Waals surface area (Å²) in [5.41, 5.74) is 6.41. The van der Waals surface area contributed by atoms with Crippen molar-refractivity contribution >= 4 is 11.8 Å². The van der Waals surface area contributed by atoms with E-state index in [9.17, 15) is 9.59 Å². The number of rotatable bonds is 6. The molecule has 1 aliphatic heterocycles. The number of piperidine rings is 1. The lowest BCUT2D eigenvalue weighted by Crippen LogP contribution is -2.44. The molecule has 0 spiro atoms. The second-order valence-corrected chi connectivity index (χ2v) is 5.37. The molecule has 0 aromatic heterocycles. The van der Waals surface area contributed by atoms with E-state index in [-0.39, 0.29) is 17.7 Å². The third-order valence-electron chi connectivity index (χ3n) is 3.75.